The zero-order valence-corrected chi connectivity index (χ0v) is 12.2. The molecule has 3 N–H and O–H groups in total. The molecule has 0 aliphatic carbocycles. The summed E-state index contributed by atoms with van der Waals surface area (Å²) in [5.41, 5.74) is 6.23. The van der Waals surface area contributed by atoms with Crippen molar-refractivity contribution in [1.82, 2.24) is 4.72 Å². The number of nitrogens with one attached hydrogen (secondary N) is 1. The lowest BCUT2D eigenvalue weighted by Crippen LogP contribution is -2.26. The van der Waals surface area contributed by atoms with Crippen molar-refractivity contribution in [2.75, 3.05) is 6.54 Å². The number of benzene rings is 1. The highest BCUT2D eigenvalue weighted by Crippen LogP contribution is 2.22. The minimum atomic E-state index is -3.56. The van der Waals surface area contributed by atoms with Gasteiger partial charge in [-0.2, -0.15) is 0 Å². The summed E-state index contributed by atoms with van der Waals surface area (Å²) in [4.78, 5) is 0.0934. The zero-order chi connectivity index (χ0) is 13.8. The Balaban J connectivity index is 2.90. The summed E-state index contributed by atoms with van der Waals surface area (Å²) in [6.45, 7) is 4.77. The van der Waals surface area contributed by atoms with Crippen LogP contribution in [0, 0.1) is 5.92 Å². The number of sulfonamides is 1. The van der Waals surface area contributed by atoms with Crippen LogP contribution in [0.5, 0.6) is 0 Å². The highest BCUT2D eigenvalue weighted by atomic mass is 35.5. The van der Waals surface area contributed by atoms with Crippen LogP contribution in [0.3, 0.4) is 0 Å². The summed E-state index contributed by atoms with van der Waals surface area (Å²) in [5, 5.41) is 0.212. The van der Waals surface area contributed by atoms with Gasteiger partial charge < -0.3 is 5.73 Å². The fourth-order valence-corrected chi connectivity index (χ4v) is 3.04. The van der Waals surface area contributed by atoms with Crippen molar-refractivity contribution < 1.29 is 8.42 Å². The molecule has 102 valence electrons. The Hall–Kier alpha value is -0.620. The predicted octanol–water partition coefficient (Wildman–Crippen LogP) is 2.12. The Morgan fingerprint density at radius 3 is 2.61 bits per heavy atom. The van der Waals surface area contributed by atoms with Gasteiger partial charge in [0.1, 0.15) is 4.90 Å². The van der Waals surface area contributed by atoms with Crippen LogP contribution in [-0.2, 0) is 16.6 Å². The summed E-state index contributed by atoms with van der Waals surface area (Å²) < 4.78 is 26.7. The molecule has 0 bridgehead atoms. The van der Waals surface area contributed by atoms with E-state index in [9.17, 15) is 8.42 Å². The molecule has 0 saturated carbocycles. The smallest absolute Gasteiger partial charge is 0.242 e. The minimum Gasteiger partial charge on any atom is -0.326 e. The lowest BCUT2D eigenvalue weighted by Gasteiger charge is -2.10. The molecule has 0 radical (unpaired) electrons. The molecule has 0 atom stereocenters. The van der Waals surface area contributed by atoms with Gasteiger partial charge in [-0.25, -0.2) is 13.1 Å². The van der Waals surface area contributed by atoms with Crippen LogP contribution < -0.4 is 10.5 Å². The third kappa shape index (κ3) is 4.24. The third-order valence-electron chi connectivity index (χ3n) is 2.53. The van der Waals surface area contributed by atoms with Crippen LogP contribution in [0.4, 0.5) is 0 Å². The van der Waals surface area contributed by atoms with Crippen LogP contribution in [0.1, 0.15) is 25.8 Å². The van der Waals surface area contributed by atoms with Gasteiger partial charge in [-0.15, -0.1) is 0 Å². The Bertz CT molecular complexity index is 501. The second kappa shape index (κ2) is 6.52. The Labute approximate surface area is 114 Å². The van der Waals surface area contributed by atoms with Crippen molar-refractivity contribution >= 4 is 21.6 Å². The van der Waals surface area contributed by atoms with Gasteiger partial charge in [0.2, 0.25) is 10.0 Å². The Morgan fingerprint density at radius 1 is 1.39 bits per heavy atom. The molecule has 1 aromatic rings. The van der Waals surface area contributed by atoms with Gasteiger partial charge in [-0.05, 0) is 30.0 Å². The fourth-order valence-electron chi connectivity index (χ4n) is 1.44. The molecule has 0 aromatic heterocycles. The van der Waals surface area contributed by atoms with Gasteiger partial charge in [0.15, 0.2) is 0 Å². The molecule has 0 fully saturated rings. The maximum atomic E-state index is 12.1. The summed E-state index contributed by atoms with van der Waals surface area (Å²) in [7, 11) is -3.56. The van der Waals surface area contributed by atoms with Crippen LogP contribution in [0.15, 0.2) is 23.1 Å². The average Bonchev–Trinajstić information content (AvgIpc) is 2.28. The van der Waals surface area contributed by atoms with Crippen LogP contribution in [-0.4, -0.2) is 15.0 Å². The maximum absolute atomic E-state index is 12.1. The minimum absolute atomic E-state index is 0.0934. The van der Waals surface area contributed by atoms with Gasteiger partial charge >= 0.3 is 0 Å². The summed E-state index contributed by atoms with van der Waals surface area (Å²) in [5.74, 6) is 0.443. The van der Waals surface area contributed by atoms with Gasteiger partial charge in [0, 0.05) is 13.1 Å². The highest BCUT2D eigenvalue weighted by Gasteiger charge is 2.17. The van der Waals surface area contributed by atoms with Gasteiger partial charge in [-0.1, -0.05) is 31.5 Å². The van der Waals surface area contributed by atoms with E-state index in [1.165, 1.54) is 6.07 Å². The second-order valence-corrected chi connectivity index (χ2v) is 6.69. The molecule has 18 heavy (non-hydrogen) atoms. The molecule has 0 unspecified atom stereocenters. The van der Waals surface area contributed by atoms with E-state index in [-0.39, 0.29) is 16.5 Å². The van der Waals surface area contributed by atoms with Crippen LogP contribution in [0.2, 0.25) is 5.02 Å². The average molecular weight is 291 g/mol. The lowest BCUT2D eigenvalue weighted by molar-refractivity contribution is 0.551. The van der Waals surface area contributed by atoms with Gasteiger partial charge in [-0.3, -0.25) is 0 Å². The summed E-state index contributed by atoms with van der Waals surface area (Å²) in [6.07, 6.45) is 0.785. The largest absolute Gasteiger partial charge is 0.326 e. The van der Waals surface area contributed by atoms with E-state index in [0.717, 1.165) is 12.0 Å². The molecule has 6 heteroatoms. The molecular weight excluding hydrogens is 272 g/mol. The Morgan fingerprint density at radius 2 is 2.06 bits per heavy atom. The van der Waals surface area contributed by atoms with E-state index >= 15 is 0 Å². The van der Waals surface area contributed by atoms with Gasteiger partial charge in [0.25, 0.3) is 0 Å². The van der Waals surface area contributed by atoms with E-state index in [1.807, 2.05) is 13.8 Å². The molecule has 0 spiro atoms. The van der Waals surface area contributed by atoms with E-state index in [1.54, 1.807) is 12.1 Å². The first-order valence-electron chi connectivity index (χ1n) is 5.85. The predicted molar refractivity (Wildman–Crippen MR) is 74.0 cm³/mol. The molecule has 1 aromatic carbocycles. The maximum Gasteiger partial charge on any atom is 0.242 e. The first-order chi connectivity index (χ1) is 8.36. The standard InChI is InChI=1S/C12H19ClN2O2S/c1-9(2)5-6-15-18(16,17)12-7-10(8-14)3-4-11(12)13/h3-4,7,9,15H,5-6,8,14H2,1-2H3. The van der Waals surface area contributed by atoms with Crippen molar-refractivity contribution in [3.8, 4) is 0 Å². The number of halogens is 1. The van der Waals surface area contributed by atoms with E-state index in [4.69, 9.17) is 17.3 Å². The molecular formula is C12H19ClN2O2S. The molecule has 4 nitrogen and oxygen atoms in total. The lowest BCUT2D eigenvalue weighted by atomic mass is 10.1. The highest BCUT2D eigenvalue weighted by molar-refractivity contribution is 7.89. The molecule has 0 aliphatic heterocycles. The SMILES string of the molecule is CC(C)CCNS(=O)(=O)c1cc(CN)ccc1Cl. The normalized spacial score (nSPS) is 12.1. The first kappa shape index (κ1) is 15.4. The number of hydrogen-bond acceptors (Lipinski definition) is 3. The molecule has 0 aliphatic rings. The van der Waals surface area contributed by atoms with E-state index in [2.05, 4.69) is 4.72 Å². The van der Waals surface area contributed by atoms with Crippen molar-refractivity contribution in [1.29, 1.82) is 0 Å². The van der Waals surface area contributed by atoms with Crippen molar-refractivity contribution in [3.63, 3.8) is 0 Å². The summed E-state index contributed by atoms with van der Waals surface area (Å²) >= 11 is 5.92. The number of rotatable bonds is 6. The molecule has 0 amide bonds. The van der Waals surface area contributed by atoms with Crippen molar-refractivity contribution in [3.05, 3.63) is 28.8 Å². The van der Waals surface area contributed by atoms with Crippen molar-refractivity contribution in [2.24, 2.45) is 11.7 Å². The van der Waals surface area contributed by atoms with E-state index in [0.29, 0.717) is 12.5 Å². The molecule has 0 heterocycles. The Kier molecular flexibility index (Phi) is 5.59. The third-order valence-corrected chi connectivity index (χ3v) is 4.48. The zero-order valence-electron chi connectivity index (χ0n) is 10.6. The van der Waals surface area contributed by atoms with Crippen molar-refractivity contribution in [2.45, 2.75) is 31.7 Å². The second-order valence-electron chi connectivity index (χ2n) is 4.55. The summed E-state index contributed by atoms with van der Waals surface area (Å²) in [6, 6.07) is 4.79. The van der Waals surface area contributed by atoms with Gasteiger partial charge in [0.05, 0.1) is 5.02 Å². The fraction of sp³-hybridized carbons (Fsp3) is 0.500. The van der Waals surface area contributed by atoms with E-state index < -0.39 is 10.0 Å². The number of hydrogen-bond donors (Lipinski definition) is 2. The number of nitrogens with two attached hydrogens (primary N) is 1. The topological polar surface area (TPSA) is 72.2 Å². The molecule has 1 rings (SSSR count). The molecule has 0 saturated heterocycles. The monoisotopic (exact) mass is 290 g/mol. The van der Waals surface area contributed by atoms with Crippen LogP contribution in [0.25, 0.3) is 0 Å². The van der Waals surface area contributed by atoms with Crippen LogP contribution >= 0.6 is 11.6 Å². The quantitative estimate of drug-likeness (QED) is 0.843. The first-order valence-corrected chi connectivity index (χ1v) is 7.71.